The van der Waals surface area contributed by atoms with Crippen molar-refractivity contribution < 1.29 is 14.3 Å². The second kappa shape index (κ2) is 8.75. The Morgan fingerprint density at radius 1 is 1.26 bits per heavy atom. The van der Waals surface area contributed by atoms with E-state index in [0.717, 1.165) is 5.56 Å². The highest BCUT2D eigenvalue weighted by atomic mass is 35.5. The first-order valence-electron chi connectivity index (χ1n) is 8.07. The van der Waals surface area contributed by atoms with Crippen LogP contribution in [-0.4, -0.2) is 28.0 Å². The molecular weight excluding hydrogens is 386 g/mol. The van der Waals surface area contributed by atoms with Gasteiger partial charge in [-0.15, -0.1) is 11.3 Å². The summed E-state index contributed by atoms with van der Waals surface area (Å²) >= 11 is 7.14. The maximum atomic E-state index is 12.1. The van der Waals surface area contributed by atoms with Gasteiger partial charge < -0.3 is 9.30 Å². The first-order valence-corrected chi connectivity index (χ1v) is 9.33. The molecule has 0 radical (unpaired) electrons. The van der Waals surface area contributed by atoms with Gasteiger partial charge in [0.2, 0.25) is 0 Å². The topological polar surface area (TPSA) is 73.6 Å². The standard InChI is InChI=1S/C19H16ClN3O3S/c1-13-2-4-14(5-3-13)11-23-8-9-27-19(23)22-17(24)12-26-18(25)16-10-15(20)6-7-21-16/h2-10H,11-12H2,1H3. The monoisotopic (exact) mass is 401 g/mol. The largest absolute Gasteiger partial charge is 0.451 e. The zero-order chi connectivity index (χ0) is 19.2. The molecule has 27 heavy (non-hydrogen) atoms. The lowest BCUT2D eigenvalue weighted by molar-refractivity contribution is -0.121. The van der Waals surface area contributed by atoms with Gasteiger partial charge in [-0.25, -0.2) is 9.78 Å². The Morgan fingerprint density at radius 2 is 2.04 bits per heavy atom. The van der Waals surface area contributed by atoms with Crippen molar-refractivity contribution >= 4 is 34.8 Å². The minimum atomic E-state index is -0.722. The molecule has 0 aliphatic heterocycles. The number of ether oxygens (including phenoxy) is 1. The average Bonchev–Trinajstić information content (AvgIpc) is 3.08. The SMILES string of the molecule is Cc1ccc(Cn2ccsc2=NC(=O)COC(=O)c2cc(Cl)ccn2)cc1. The number of aryl methyl sites for hydroxylation is 1. The van der Waals surface area contributed by atoms with E-state index in [1.54, 1.807) is 6.07 Å². The Hall–Kier alpha value is -2.77. The first kappa shape index (κ1) is 19.0. The highest BCUT2D eigenvalue weighted by Gasteiger charge is 2.12. The fraction of sp³-hybridized carbons (Fsp3) is 0.158. The molecule has 0 fully saturated rings. The zero-order valence-corrected chi connectivity index (χ0v) is 16.0. The van der Waals surface area contributed by atoms with Crippen molar-refractivity contribution in [1.82, 2.24) is 9.55 Å². The van der Waals surface area contributed by atoms with Gasteiger partial charge in [0, 0.05) is 29.3 Å². The van der Waals surface area contributed by atoms with E-state index in [1.165, 1.54) is 29.2 Å². The second-order valence-corrected chi connectivity index (χ2v) is 7.05. The molecule has 0 aliphatic carbocycles. The van der Waals surface area contributed by atoms with Crippen LogP contribution < -0.4 is 4.80 Å². The molecule has 8 heteroatoms. The number of hydrogen-bond donors (Lipinski definition) is 0. The number of carbonyl (C=O) groups is 2. The lowest BCUT2D eigenvalue weighted by Gasteiger charge is -2.04. The Bertz CT molecular complexity index is 1020. The summed E-state index contributed by atoms with van der Waals surface area (Å²) in [6.07, 6.45) is 3.25. The smallest absolute Gasteiger partial charge is 0.357 e. The average molecular weight is 402 g/mol. The number of esters is 1. The highest BCUT2D eigenvalue weighted by molar-refractivity contribution is 7.07. The molecule has 138 valence electrons. The number of benzene rings is 1. The number of aromatic nitrogens is 2. The van der Waals surface area contributed by atoms with Crippen LogP contribution >= 0.6 is 22.9 Å². The molecule has 1 aromatic carbocycles. The first-order chi connectivity index (χ1) is 13.0. The van der Waals surface area contributed by atoms with Crippen molar-refractivity contribution in [2.75, 3.05) is 6.61 Å². The van der Waals surface area contributed by atoms with Crippen molar-refractivity contribution in [2.24, 2.45) is 4.99 Å². The zero-order valence-electron chi connectivity index (χ0n) is 14.5. The lowest BCUT2D eigenvalue weighted by Crippen LogP contribution is -2.20. The van der Waals surface area contributed by atoms with Crippen molar-refractivity contribution in [1.29, 1.82) is 0 Å². The van der Waals surface area contributed by atoms with Crippen molar-refractivity contribution in [2.45, 2.75) is 13.5 Å². The van der Waals surface area contributed by atoms with Crippen LogP contribution in [0.1, 0.15) is 21.6 Å². The molecule has 6 nitrogen and oxygen atoms in total. The van der Waals surface area contributed by atoms with Crippen LogP contribution in [0.15, 0.2) is 59.2 Å². The Labute approximate surface area is 164 Å². The van der Waals surface area contributed by atoms with Gasteiger partial charge in [-0.3, -0.25) is 4.79 Å². The molecule has 0 N–H and O–H groups in total. The predicted octanol–water partition coefficient (Wildman–Crippen LogP) is 3.24. The van der Waals surface area contributed by atoms with Crippen molar-refractivity contribution in [3.8, 4) is 0 Å². The molecule has 0 unspecified atom stereocenters. The third kappa shape index (κ3) is 5.35. The number of pyridine rings is 1. The van der Waals surface area contributed by atoms with E-state index >= 15 is 0 Å². The molecule has 3 rings (SSSR count). The molecule has 0 saturated carbocycles. The van der Waals surface area contributed by atoms with E-state index in [0.29, 0.717) is 16.4 Å². The summed E-state index contributed by atoms with van der Waals surface area (Å²) in [6.45, 7) is 2.17. The third-order valence-electron chi connectivity index (χ3n) is 3.61. The molecular formula is C19H16ClN3O3S. The van der Waals surface area contributed by atoms with E-state index in [-0.39, 0.29) is 5.69 Å². The van der Waals surface area contributed by atoms with E-state index in [1.807, 2.05) is 47.3 Å². The van der Waals surface area contributed by atoms with Gasteiger partial charge in [0.1, 0.15) is 5.69 Å². The fourth-order valence-electron chi connectivity index (χ4n) is 2.25. The third-order valence-corrected chi connectivity index (χ3v) is 4.64. The van der Waals surface area contributed by atoms with Gasteiger partial charge in [0.15, 0.2) is 11.4 Å². The Kier molecular flexibility index (Phi) is 6.16. The summed E-state index contributed by atoms with van der Waals surface area (Å²) < 4.78 is 6.83. The van der Waals surface area contributed by atoms with Gasteiger partial charge in [0.05, 0.1) is 0 Å². The normalized spacial score (nSPS) is 11.4. The van der Waals surface area contributed by atoms with Crippen LogP contribution in [0.25, 0.3) is 0 Å². The minimum absolute atomic E-state index is 0.0425. The molecule has 3 aromatic rings. The molecule has 2 aromatic heterocycles. The number of amides is 1. The summed E-state index contributed by atoms with van der Waals surface area (Å²) in [4.78, 5) is 32.4. The van der Waals surface area contributed by atoms with E-state index in [4.69, 9.17) is 16.3 Å². The molecule has 0 spiro atoms. The maximum Gasteiger partial charge on any atom is 0.357 e. The van der Waals surface area contributed by atoms with Gasteiger partial charge in [-0.05, 0) is 24.6 Å². The van der Waals surface area contributed by atoms with Crippen molar-refractivity contribution in [3.05, 3.63) is 80.8 Å². The van der Waals surface area contributed by atoms with Crippen LogP contribution in [0, 0.1) is 6.92 Å². The number of thiazole rings is 1. The van der Waals surface area contributed by atoms with Crippen LogP contribution in [0.2, 0.25) is 5.02 Å². The van der Waals surface area contributed by atoms with Gasteiger partial charge in [-0.2, -0.15) is 4.99 Å². The summed E-state index contributed by atoms with van der Waals surface area (Å²) in [6, 6.07) is 11.1. The summed E-state index contributed by atoms with van der Waals surface area (Å²) in [5.74, 6) is -1.27. The number of nitrogens with zero attached hydrogens (tertiary/aromatic N) is 3. The van der Waals surface area contributed by atoms with Gasteiger partial charge >= 0.3 is 5.97 Å². The second-order valence-electron chi connectivity index (χ2n) is 5.74. The quantitative estimate of drug-likeness (QED) is 0.615. The van der Waals surface area contributed by atoms with E-state index < -0.39 is 18.5 Å². The predicted molar refractivity (Wildman–Crippen MR) is 103 cm³/mol. The minimum Gasteiger partial charge on any atom is -0.451 e. The highest BCUT2D eigenvalue weighted by Crippen LogP contribution is 2.09. The van der Waals surface area contributed by atoms with Crippen LogP contribution in [0.3, 0.4) is 0 Å². The van der Waals surface area contributed by atoms with Crippen molar-refractivity contribution in [3.63, 3.8) is 0 Å². The molecule has 1 amide bonds. The van der Waals surface area contributed by atoms with E-state index in [2.05, 4.69) is 9.98 Å². The maximum absolute atomic E-state index is 12.1. The summed E-state index contributed by atoms with van der Waals surface area (Å²) in [5, 5.41) is 2.21. The van der Waals surface area contributed by atoms with Crippen LogP contribution in [0.5, 0.6) is 0 Å². The van der Waals surface area contributed by atoms with Gasteiger partial charge in [-0.1, -0.05) is 41.4 Å². The molecule has 0 aliphatic rings. The molecule has 2 heterocycles. The lowest BCUT2D eigenvalue weighted by atomic mass is 10.1. The Balaban J connectivity index is 1.65. The number of halogens is 1. The van der Waals surface area contributed by atoms with Gasteiger partial charge in [0.25, 0.3) is 5.91 Å². The fourth-order valence-corrected chi connectivity index (χ4v) is 3.16. The van der Waals surface area contributed by atoms with Crippen LogP contribution in [-0.2, 0) is 16.1 Å². The molecule has 0 saturated heterocycles. The molecule has 0 atom stereocenters. The summed E-state index contributed by atoms with van der Waals surface area (Å²) in [5.41, 5.74) is 2.33. The van der Waals surface area contributed by atoms with Crippen LogP contribution in [0.4, 0.5) is 0 Å². The van der Waals surface area contributed by atoms with E-state index in [9.17, 15) is 9.59 Å². The molecule has 0 bridgehead atoms. The summed E-state index contributed by atoms with van der Waals surface area (Å²) in [7, 11) is 0. The number of rotatable bonds is 5. The Morgan fingerprint density at radius 3 is 2.78 bits per heavy atom. The number of carbonyl (C=O) groups excluding carboxylic acids is 2. The number of hydrogen-bond acceptors (Lipinski definition) is 5.